The number of hydrogen-bond donors (Lipinski definition) is 0. The second-order valence-corrected chi connectivity index (χ2v) is 10.8. The Kier molecular flexibility index (Phi) is 6.12. The first-order chi connectivity index (χ1) is 15.9. The summed E-state index contributed by atoms with van der Waals surface area (Å²) in [6.07, 6.45) is 0.842. The van der Waals surface area contributed by atoms with Crippen LogP contribution in [0, 0.1) is 18.7 Å². The molecule has 0 amide bonds. The third-order valence-corrected chi connectivity index (χ3v) is 8.11. The number of aryl methyl sites for hydroxylation is 1. The highest BCUT2D eigenvalue weighted by atomic mass is 32.2. The largest absolute Gasteiger partial charge is 0.372 e. The van der Waals surface area contributed by atoms with Crippen molar-refractivity contribution in [3.63, 3.8) is 0 Å². The molecular formula is C26H25FN2O2S2. The fourth-order valence-electron chi connectivity index (χ4n) is 4.16. The van der Waals surface area contributed by atoms with Gasteiger partial charge in [0.25, 0.3) is 5.56 Å². The number of thioether (sulfide) groups is 1. The highest BCUT2D eigenvalue weighted by molar-refractivity contribution is 7.98. The molecule has 4 nitrogen and oxygen atoms in total. The number of ether oxygens (including phenoxy) is 1. The maximum absolute atomic E-state index is 14.0. The SMILES string of the molecule is Cc1cccc(-n2c(SCc3ccc(F)cc3)nc3sc4c(c3c2=O)C[C@H](C(C)C)OC4)c1. The molecule has 0 unspecified atom stereocenters. The molecule has 0 fully saturated rings. The maximum atomic E-state index is 14.0. The van der Waals surface area contributed by atoms with Crippen molar-refractivity contribution in [1.82, 2.24) is 9.55 Å². The van der Waals surface area contributed by atoms with Crippen LogP contribution in [0.5, 0.6) is 0 Å². The normalized spacial score (nSPS) is 15.8. The Balaban J connectivity index is 1.65. The standard InChI is InChI=1S/C26H25FN2O2S2/c1-15(2)21-12-20-22(13-31-21)33-24-23(20)25(30)29(19-6-4-5-16(3)11-19)26(28-24)32-14-17-7-9-18(27)10-8-17/h4-11,15,21H,12-14H2,1-3H3/t21-/m1/s1. The molecule has 0 saturated heterocycles. The second kappa shape index (κ2) is 9.05. The minimum Gasteiger partial charge on any atom is -0.372 e. The highest BCUT2D eigenvalue weighted by Crippen LogP contribution is 2.36. The highest BCUT2D eigenvalue weighted by Gasteiger charge is 2.28. The molecule has 0 saturated carbocycles. The first-order valence-electron chi connectivity index (χ1n) is 11.0. The van der Waals surface area contributed by atoms with Gasteiger partial charge in [0.2, 0.25) is 0 Å². The summed E-state index contributed by atoms with van der Waals surface area (Å²) in [6.45, 7) is 6.85. The van der Waals surface area contributed by atoms with E-state index in [-0.39, 0.29) is 17.5 Å². The summed E-state index contributed by atoms with van der Waals surface area (Å²) < 4.78 is 21.1. The molecule has 2 aromatic heterocycles. The van der Waals surface area contributed by atoms with Gasteiger partial charge in [-0.15, -0.1) is 11.3 Å². The fourth-order valence-corrected chi connectivity index (χ4v) is 6.29. The van der Waals surface area contributed by atoms with Crippen LogP contribution in [0.2, 0.25) is 0 Å². The fraction of sp³-hybridized carbons (Fsp3) is 0.308. The number of aromatic nitrogens is 2. The van der Waals surface area contributed by atoms with Crippen molar-refractivity contribution in [2.24, 2.45) is 5.92 Å². The van der Waals surface area contributed by atoms with E-state index in [9.17, 15) is 9.18 Å². The van der Waals surface area contributed by atoms with E-state index in [1.165, 1.54) is 23.9 Å². The van der Waals surface area contributed by atoms with Gasteiger partial charge in [0.15, 0.2) is 5.16 Å². The van der Waals surface area contributed by atoms with Gasteiger partial charge in [-0.25, -0.2) is 9.37 Å². The first kappa shape index (κ1) is 22.3. The van der Waals surface area contributed by atoms with Crippen LogP contribution in [-0.2, 0) is 23.5 Å². The molecule has 0 aliphatic carbocycles. The van der Waals surface area contributed by atoms with Gasteiger partial charge < -0.3 is 4.74 Å². The zero-order chi connectivity index (χ0) is 23.1. The molecule has 0 spiro atoms. The summed E-state index contributed by atoms with van der Waals surface area (Å²) in [5.74, 6) is 0.713. The quantitative estimate of drug-likeness (QED) is 0.249. The van der Waals surface area contributed by atoms with Crippen LogP contribution in [0.15, 0.2) is 58.5 Å². The zero-order valence-corrected chi connectivity index (χ0v) is 20.4. The molecule has 3 heterocycles. The molecule has 33 heavy (non-hydrogen) atoms. The lowest BCUT2D eigenvalue weighted by Gasteiger charge is -2.26. The topological polar surface area (TPSA) is 44.1 Å². The van der Waals surface area contributed by atoms with E-state index in [0.29, 0.717) is 23.4 Å². The number of hydrogen-bond acceptors (Lipinski definition) is 5. The van der Waals surface area contributed by atoms with E-state index < -0.39 is 0 Å². The maximum Gasteiger partial charge on any atom is 0.267 e. The van der Waals surface area contributed by atoms with Gasteiger partial charge in [-0.3, -0.25) is 9.36 Å². The lowest BCUT2D eigenvalue weighted by atomic mass is 9.96. The van der Waals surface area contributed by atoms with Gasteiger partial charge in [0.1, 0.15) is 10.6 Å². The van der Waals surface area contributed by atoms with Gasteiger partial charge in [-0.1, -0.05) is 49.9 Å². The van der Waals surface area contributed by atoms with E-state index in [0.717, 1.165) is 43.9 Å². The average molecular weight is 481 g/mol. The number of benzene rings is 2. The molecule has 0 N–H and O–H groups in total. The minimum absolute atomic E-state index is 0.0332. The van der Waals surface area contributed by atoms with Gasteiger partial charge in [-0.2, -0.15) is 0 Å². The molecular weight excluding hydrogens is 455 g/mol. The molecule has 1 aliphatic heterocycles. The van der Waals surface area contributed by atoms with Crippen LogP contribution in [0.3, 0.4) is 0 Å². The van der Waals surface area contributed by atoms with Crippen molar-refractivity contribution in [2.75, 3.05) is 0 Å². The van der Waals surface area contributed by atoms with Crippen LogP contribution in [0.4, 0.5) is 4.39 Å². The molecule has 170 valence electrons. The summed E-state index contributed by atoms with van der Waals surface area (Å²) >= 11 is 3.05. The number of halogens is 1. The molecule has 1 aliphatic rings. The van der Waals surface area contributed by atoms with Crippen molar-refractivity contribution in [2.45, 2.75) is 50.8 Å². The van der Waals surface area contributed by atoms with Crippen LogP contribution in [0.25, 0.3) is 15.9 Å². The van der Waals surface area contributed by atoms with Gasteiger partial charge >= 0.3 is 0 Å². The number of fused-ring (bicyclic) bond motifs is 3. The van der Waals surface area contributed by atoms with Crippen molar-refractivity contribution in [3.8, 4) is 5.69 Å². The third kappa shape index (κ3) is 4.37. The summed E-state index contributed by atoms with van der Waals surface area (Å²) in [6, 6.07) is 14.4. The average Bonchev–Trinajstić information content (AvgIpc) is 3.16. The Bertz CT molecular complexity index is 1380. The Morgan fingerprint density at radius 2 is 2.03 bits per heavy atom. The first-order valence-corrected chi connectivity index (χ1v) is 12.8. The number of nitrogens with zero attached hydrogens (tertiary/aromatic N) is 2. The molecule has 5 rings (SSSR count). The molecule has 1 atom stereocenters. The van der Waals surface area contributed by atoms with E-state index in [1.807, 2.05) is 31.2 Å². The van der Waals surface area contributed by atoms with Crippen LogP contribution in [0.1, 0.15) is 35.4 Å². The molecule has 4 aromatic rings. The van der Waals surface area contributed by atoms with E-state index in [1.54, 1.807) is 28.0 Å². The van der Waals surface area contributed by atoms with Crippen molar-refractivity contribution in [1.29, 1.82) is 0 Å². The zero-order valence-electron chi connectivity index (χ0n) is 18.8. The summed E-state index contributed by atoms with van der Waals surface area (Å²) in [4.78, 5) is 20.8. The van der Waals surface area contributed by atoms with Crippen LogP contribution < -0.4 is 5.56 Å². The third-order valence-electron chi connectivity index (χ3n) is 6.00. The smallest absolute Gasteiger partial charge is 0.267 e. The predicted octanol–water partition coefficient (Wildman–Crippen LogP) is 6.28. The summed E-state index contributed by atoms with van der Waals surface area (Å²) in [7, 11) is 0. The predicted molar refractivity (Wildman–Crippen MR) is 133 cm³/mol. The number of thiophene rings is 1. The molecule has 2 aromatic carbocycles. The van der Waals surface area contributed by atoms with Crippen LogP contribution >= 0.6 is 23.1 Å². The monoisotopic (exact) mass is 480 g/mol. The number of rotatable bonds is 5. The lowest BCUT2D eigenvalue weighted by molar-refractivity contribution is 0.00200. The van der Waals surface area contributed by atoms with Crippen molar-refractivity contribution in [3.05, 3.63) is 86.3 Å². The Morgan fingerprint density at radius 3 is 2.76 bits per heavy atom. The molecule has 0 radical (unpaired) electrons. The van der Waals surface area contributed by atoms with Crippen molar-refractivity contribution >= 4 is 33.3 Å². The summed E-state index contributed by atoms with van der Waals surface area (Å²) in [5, 5.41) is 1.36. The van der Waals surface area contributed by atoms with E-state index in [2.05, 4.69) is 13.8 Å². The molecule has 0 bridgehead atoms. The Hall–Kier alpha value is -2.48. The van der Waals surface area contributed by atoms with Gasteiger partial charge in [0, 0.05) is 17.1 Å². The van der Waals surface area contributed by atoms with E-state index in [4.69, 9.17) is 9.72 Å². The minimum atomic E-state index is -0.258. The van der Waals surface area contributed by atoms with Gasteiger partial charge in [-0.05, 0) is 53.8 Å². The Morgan fingerprint density at radius 1 is 1.24 bits per heavy atom. The second-order valence-electron chi connectivity index (χ2n) is 8.77. The lowest BCUT2D eigenvalue weighted by Crippen LogP contribution is -2.28. The Labute approximate surface area is 200 Å². The van der Waals surface area contributed by atoms with Crippen LogP contribution in [-0.4, -0.2) is 15.7 Å². The van der Waals surface area contributed by atoms with E-state index >= 15 is 0 Å². The summed E-state index contributed by atoms with van der Waals surface area (Å²) in [5.41, 5.74) is 3.92. The van der Waals surface area contributed by atoms with Crippen molar-refractivity contribution < 1.29 is 9.13 Å². The van der Waals surface area contributed by atoms with Gasteiger partial charge in [0.05, 0.1) is 23.8 Å². The molecule has 7 heteroatoms.